The molecule has 1 aliphatic rings. The minimum atomic E-state index is 0.592. The summed E-state index contributed by atoms with van der Waals surface area (Å²) in [5, 5.41) is 0. The average Bonchev–Trinajstić information content (AvgIpc) is 2.17. The number of nitrogens with zero attached hydrogens (tertiary/aromatic N) is 1. The second-order valence-corrected chi connectivity index (χ2v) is 3.03. The van der Waals surface area contributed by atoms with E-state index < -0.39 is 0 Å². The largest absolute Gasteiger partial charge is 0.325 e. The number of rotatable bonds is 1. The van der Waals surface area contributed by atoms with Gasteiger partial charge in [-0.15, -0.1) is 0 Å². The zero-order valence-corrected chi connectivity index (χ0v) is 6.96. The first-order valence-corrected chi connectivity index (χ1v) is 4.19. The van der Waals surface area contributed by atoms with Crippen LogP contribution in [0.2, 0.25) is 0 Å². The Morgan fingerprint density at radius 2 is 2.00 bits per heavy atom. The van der Waals surface area contributed by atoms with Crippen molar-refractivity contribution in [3.8, 4) is 0 Å². The number of benzene rings is 1. The van der Waals surface area contributed by atoms with Crippen molar-refractivity contribution in [1.82, 2.24) is 0 Å². The van der Waals surface area contributed by atoms with Gasteiger partial charge in [-0.1, -0.05) is 24.3 Å². The molecule has 1 aromatic carbocycles. The van der Waals surface area contributed by atoms with Gasteiger partial charge < -0.3 is 5.73 Å². The van der Waals surface area contributed by atoms with E-state index >= 15 is 0 Å². The third kappa shape index (κ3) is 1.25. The van der Waals surface area contributed by atoms with Crippen LogP contribution < -0.4 is 5.73 Å². The molecule has 1 aromatic rings. The van der Waals surface area contributed by atoms with Crippen molar-refractivity contribution < 1.29 is 0 Å². The topological polar surface area (TPSA) is 38.4 Å². The summed E-state index contributed by atoms with van der Waals surface area (Å²) in [4.78, 5) is 4.38. The van der Waals surface area contributed by atoms with Gasteiger partial charge in [-0.3, -0.25) is 4.99 Å². The fourth-order valence-corrected chi connectivity index (χ4v) is 1.49. The molecule has 0 saturated carbocycles. The van der Waals surface area contributed by atoms with Gasteiger partial charge in [0.2, 0.25) is 0 Å². The van der Waals surface area contributed by atoms with Crippen molar-refractivity contribution in [2.24, 2.45) is 10.7 Å². The molecule has 0 bridgehead atoms. The van der Waals surface area contributed by atoms with E-state index in [1.807, 2.05) is 0 Å². The second kappa shape index (κ2) is 3.07. The highest BCUT2D eigenvalue weighted by atomic mass is 14.8. The maximum Gasteiger partial charge on any atom is 0.0642 e. The molecular formula is C10H12N2. The Balaban J connectivity index is 2.31. The highest BCUT2D eigenvalue weighted by molar-refractivity contribution is 5.89. The molecule has 0 radical (unpaired) electrons. The molecule has 2 nitrogen and oxygen atoms in total. The summed E-state index contributed by atoms with van der Waals surface area (Å²) in [7, 11) is 0. The number of hydrogen-bond donors (Lipinski definition) is 1. The van der Waals surface area contributed by atoms with Crippen LogP contribution in [0.3, 0.4) is 0 Å². The predicted molar refractivity (Wildman–Crippen MR) is 50.3 cm³/mol. The van der Waals surface area contributed by atoms with Crippen LogP contribution in [0.25, 0.3) is 0 Å². The number of hydrogen-bond acceptors (Lipinski definition) is 2. The number of aliphatic imine (C=N–C) groups is 1. The van der Waals surface area contributed by atoms with E-state index in [4.69, 9.17) is 5.73 Å². The fraction of sp³-hybridized carbons (Fsp3) is 0.300. The van der Waals surface area contributed by atoms with Crippen molar-refractivity contribution in [3.05, 3.63) is 35.4 Å². The van der Waals surface area contributed by atoms with Crippen molar-refractivity contribution in [3.63, 3.8) is 0 Å². The van der Waals surface area contributed by atoms with Gasteiger partial charge in [0, 0.05) is 18.7 Å². The molecule has 0 fully saturated rings. The minimum Gasteiger partial charge on any atom is -0.325 e. The van der Waals surface area contributed by atoms with Crippen LogP contribution in [-0.2, 0) is 13.0 Å². The Bertz CT molecular complexity index is 315. The highest BCUT2D eigenvalue weighted by Gasteiger charge is 2.09. The summed E-state index contributed by atoms with van der Waals surface area (Å²) in [5.41, 5.74) is 9.37. The van der Waals surface area contributed by atoms with Crippen LogP contribution in [0, 0.1) is 0 Å². The van der Waals surface area contributed by atoms with Crippen LogP contribution in [-0.4, -0.2) is 12.3 Å². The van der Waals surface area contributed by atoms with E-state index in [0.29, 0.717) is 6.54 Å². The second-order valence-electron chi connectivity index (χ2n) is 3.03. The van der Waals surface area contributed by atoms with Crippen LogP contribution >= 0.6 is 0 Å². The van der Waals surface area contributed by atoms with Gasteiger partial charge in [0.05, 0.1) is 6.54 Å². The maximum absolute atomic E-state index is 5.53. The van der Waals surface area contributed by atoms with Gasteiger partial charge in [0.15, 0.2) is 0 Å². The summed E-state index contributed by atoms with van der Waals surface area (Å²) < 4.78 is 0. The monoisotopic (exact) mass is 160 g/mol. The molecule has 2 N–H and O–H groups in total. The lowest BCUT2D eigenvalue weighted by Gasteiger charge is -2.14. The summed E-state index contributed by atoms with van der Waals surface area (Å²) in [5.74, 6) is 0. The van der Waals surface area contributed by atoms with Gasteiger partial charge in [0.1, 0.15) is 0 Å². The SMILES string of the molecule is NCC1=NCc2ccccc2C1. The number of nitrogens with two attached hydrogens (primary N) is 1. The average molecular weight is 160 g/mol. The molecular weight excluding hydrogens is 148 g/mol. The van der Waals surface area contributed by atoms with Gasteiger partial charge in [-0.2, -0.15) is 0 Å². The maximum atomic E-state index is 5.53. The van der Waals surface area contributed by atoms with Gasteiger partial charge in [-0.05, 0) is 11.1 Å². The lowest BCUT2D eigenvalue weighted by Crippen LogP contribution is -2.20. The van der Waals surface area contributed by atoms with E-state index in [9.17, 15) is 0 Å². The van der Waals surface area contributed by atoms with Gasteiger partial charge in [0.25, 0.3) is 0 Å². The molecule has 0 aliphatic carbocycles. The van der Waals surface area contributed by atoms with Crippen LogP contribution in [0.5, 0.6) is 0 Å². The third-order valence-corrected chi connectivity index (χ3v) is 2.22. The molecule has 0 atom stereocenters. The van der Waals surface area contributed by atoms with Crippen molar-refractivity contribution in [2.75, 3.05) is 6.54 Å². The first-order chi connectivity index (χ1) is 5.90. The van der Waals surface area contributed by atoms with E-state index in [-0.39, 0.29) is 0 Å². The zero-order valence-electron chi connectivity index (χ0n) is 6.96. The molecule has 0 aromatic heterocycles. The molecule has 1 heterocycles. The fourth-order valence-electron chi connectivity index (χ4n) is 1.49. The molecule has 2 rings (SSSR count). The van der Waals surface area contributed by atoms with E-state index in [2.05, 4.69) is 29.3 Å². The molecule has 1 aliphatic heterocycles. The van der Waals surface area contributed by atoms with E-state index in [1.165, 1.54) is 11.1 Å². The molecule has 62 valence electrons. The van der Waals surface area contributed by atoms with Crippen LogP contribution in [0.4, 0.5) is 0 Å². The van der Waals surface area contributed by atoms with Crippen LogP contribution in [0.15, 0.2) is 29.3 Å². The molecule has 0 amide bonds. The molecule has 0 unspecified atom stereocenters. The summed E-state index contributed by atoms with van der Waals surface area (Å²) in [6, 6.07) is 8.41. The summed E-state index contributed by atoms with van der Waals surface area (Å²) in [6.07, 6.45) is 0.937. The van der Waals surface area contributed by atoms with Crippen LogP contribution in [0.1, 0.15) is 11.1 Å². The Labute approximate surface area is 72.1 Å². The van der Waals surface area contributed by atoms with Crippen molar-refractivity contribution in [2.45, 2.75) is 13.0 Å². The molecule has 0 saturated heterocycles. The zero-order chi connectivity index (χ0) is 8.39. The Morgan fingerprint density at radius 3 is 2.75 bits per heavy atom. The lowest BCUT2D eigenvalue weighted by molar-refractivity contribution is 0.968. The highest BCUT2D eigenvalue weighted by Crippen LogP contribution is 2.15. The molecule has 0 spiro atoms. The summed E-state index contributed by atoms with van der Waals surface area (Å²) >= 11 is 0. The Kier molecular flexibility index (Phi) is 1.92. The smallest absolute Gasteiger partial charge is 0.0642 e. The quantitative estimate of drug-likeness (QED) is 0.657. The van der Waals surface area contributed by atoms with Gasteiger partial charge >= 0.3 is 0 Å². The first-order valence-electron chi connectivity index (χ1n) is 4.19. The first kappa shape index (κ1) is 7.50. The minimum absolute atomic E-state index is 0.592. The van der Waals surface area contributed by atoms with Crippen molar-refractivity contribution >= 4 is 5.71 Å². The summed E-state index contributed by atoms with van der Waals surface area (Å²) in [6.45, 7) is 1.40. The van der Waals surface area contributed by atoms with E-state index in [0.717, 1.165) is 18.7 Å². The lowest BCUT2D eigenvalue weighted by atomic mass is 9.99. The predicted octanol–water partition coefficient (Wildman–Crippen LogP) is 1.14. The molecule has 12 heavy (non-hydrogen) atoms. The third-order valence-electron chi connectivity index (χ3n) is 2.22. The standard InChI is InChI=1S/C10H12N2/c11-6-10-5-8-3-1-2-4-9(8)7-12-10/h1-4H,5-7,11H2. The Morgan fingerprint density at radius 1 is 1.25 bits per heavy atom. The van der Waals surface area contributed by atoms with Crippen molar-refractivity contribution in [1.29, 1.82) is 0 Å². The Hall–Kier alpha value is -1.15. The van der Waals surface area contributed by atoms with E-state index in [1.54, 1.807) is 0 Å². The molecule has 2 heteroatoms. The van der Waals surface area contributed by atoms with Gasteiger partial charge in [-0.25, -0.2) is 0 Å². The normalized spacial score (nSPS) is 15.2. The number of fused-ring (bicyclic) bond motifs is 1.